The van der Waals surface area contributed by atoms with Gasteiger partial charge in [0.05, 0.1) is 0 Å². The molecule has 2 rings (SSSR count). The van der Waals surface area contributed by atoms with Crippen molar-refractivity contribution in [2.24, 2.45) is 0 Å². The van der Waals surface area contributed by atoms with E-state index in [4.69, 9.17) is 4.74 Å². The van der Waals surface area contributed by atoms with Gasteiger partial charge in [0.25, 0.3) is 5.91 Å². The molecular weight excluding hydrogens is 538 g/mol. The number of rotatable bonds is 13. The van der Waals surface area contributed by atoms with Gasteiger partial charge in [0.15, 0.2) is 0 Å². The second-order valence-electron chi connectivity index (χ2n) is 11.4. The SMILES string of the molecule is CCCCCN(C(=O)C(CCSC)NC(=O)OC(C)(C)C)C(C(=O)Nc1c(C)cccc1C)c1ccc(O)c(C)c1. The van der Waals surface area contributed by atoms with E-state index in [1.165, 1.54) is 0 Å². The Balaban J connectivity index is 2.60. The molecule has 0 spiro atoms. The summed E-state index contributed by atoms with van der Waals surface area (Å²) >= 11 is 1.57. The number of nitrogens with one attached hydrogen (secondary N) is 2. The van der Waals surface area contributed by atoms with Crippen LogP contribution in [-0.2, 0) is 14.3 Å². The van der Waals surface area contributed by atoms with Crippen LogP contribution in [0.15, 0.2) is 36.4 Å². The molecule has 0 radical (unpaired) electrons. The van der Waals surface area contributed by atoms with E-state index in [9.17, 15) is 19.5 Å². The summed E-state index contributed by atoms with van der Waals surface area (Å²) in [6, 6.07) is 8.87. The van der Waals surface area contributed by atoms with Crippen LogP contribution in [0.25, 0.3) is 0 Å². The van der Waals surface area contributed by atoms with Gasteiger partial charge in [-0.2, -0.15) is 11.8 Å². The fourth-order valence-corrected chi connectivity index (χ4v) is 5.04. The number of para-hydroxylation sites is 1. The summed E-state index contributed by atoms with van der Waals surface area (Å²) in [6.07, 6.45) is 4.14. The normalized spacial score (nSPS) is 12.8. The minimum absolute atomic E-state index is 0.107. The molecule has 0 aromatic heterocycles. The number of ether oxygens (including phenoxy) is 1. The number of amides is 3. The molecule has 0 aliphatic carbocycles. The van der Waals surface area contributed by atoms with Crippen LogP contribution in [0.5, 0.6) is 5.75 Å². The van der Waals surface area contributed by atoms with Crippen molar-refractivity contribution in [3.05, 3.63) is 58.7 Å². The quantitative estimate of drug-likeness (QED) is 0.227. The van der Waals surface area contributed by atoms with Gasteiger partial charge < -0.3 is 25.4 Å². The molecule has 0 bridgehead atoms. The summed E-state index contributed by atoms with van der Waals surface area (Å²) in [5.74, 6) is 0.0228. The number of phenols is 1. The van der Waals surface area contributed by atoms with Crippen LogP contribution < -0.4 is 10.6 Å². The molecule has 0 aliphatic heterocycles. The second kappa shape index (κ2) is 15.7. The predicted molar refractivity (Wildman–Crippen MR) is 168 cm³/mol. The predicted octanol–water partition coefficient (Wildman–Crippen LogP) is 6.66. The summed E-state index contributed by atoms with van der Waals surface area (Å²) in [7, 11) is 0. The Morgan fingerprint density at radius 2 is 1.68 bits per heavy atom. The van der Waals surface area contributed by atoms with E-state index in [0.717, 1.165) is 24.0 Å². The van der Waals surface area contributed by atoms with Crippen LogP contribution in [0.4, 0.5) is 10.5 Å². The summed E-state index contributed by atoms with van der Waals surface area (Å²) in [4.78, 5) is 42.8. The van der Waals surface area contributed by atoms with Crippen molar-refractivity contribution in [3.63, 3.8) is 0 Å². The van der Waals surface area contributed by atoms with Crippen molar-refractivity contribution < 1.29 is 24.2 Å². The molecule has 2 atom stereocenters. The van der Waals surface area contributed by atoms with E-state index in [1.807, 2.05) is 38.3 Å². The largest absolute Gasteiger partial charge is 0.508 e. The number of aryl methyl sites for hydroxylation is 3. The first-order chi connectivity index (χ1) is 19.3. The van der Waals surface area contributed by atoms with E-state index in [1.54, 1.807) is 62.6 Å². The number of phenolic OH excluding ortho intramolecular Hbond substituents is 1. The van der Waals surface area contributed by atoms with Crippen LogP contribution >= 0.6 is 11.8 Å². The number of carbonyl (C=O) groups excluding carboxylic acids is 3. The number of alkyl carbamates (subject to hydrolysis) is 1. The van der Waals surface area contributed by atoms with Crippen LogP contribution in [0.2, 0.25) is 0 Å². The summed E-state index contributed by atoms with van der Waals surface area (Å²) in [5.41, 5.74) is 2.97. The average molecular weight is 586 g/mol. The number of hydrogen-bond donors (Lipinski definition) is 3. The van der Waals surface area contributed by atoms with Gasteiger partial charge in [0, 0.05) is 12.2 Å². The van der Waals surface area contributed by atoms with Gasteiger partial charge in [-0.25, -0.2) is 4.79 Å². The van der Waals surface area contributed by atoms with E-state index >= 15 is 0 Å². The third kappa shape index (κ3) is 10.3. The number of anilines is 1. The standard InChI is InChI=1S/C32H47N3O5S/c1-9-10-11-18-35(30(38)25(17-19-41-8)33-31(39)40-32(5,6)7)28(24-15-16-26(36)23(4)20-24)29(37)34-27-21(2)13-12-14-22(27)3/h12-16,20,25,28,36H,9-11,17-19H2,1-8H3,(H,33,39)(H,34,37). The number of hydrogen-bond acceptors (Lipinski definition) is 6. The molecule has 0 fully saturated rings. The monoisotopic (exact) mass is 585 g/mol. The molecule has 0 saturated carbocycles. The Labute approximate surface area is 249 Å². The fourth-order valence-electron chi connectivity index (χ4n) is 4.57. The Morgan fingerprint density at radius 3 is 2.24 bits per heavy atom. The lowest BCUT2D eigenvalue weighted by Gasteiger charge is -2.35. The Kier molecular flexibility index (Phi) is 13.0. The number of carbonyl (C=O) groups is 3. The molecule has 2 unspecified atom stereocenters. The first-order valence-electron chi connectivity index (χ1n) is 14.2. The Bertz CT molecular complexity index is 1170. The van der Waals surface area contributed by atoms with Crippen molar-refractivity contribution in [1.82, 2.24) is 10.2 Å². The number of nitrogens with zero attached hydrogens (tertiary/aromatic N) is 1. The molecule has 0 saturated heterocycles. The molecule has 0 heterocycles. The van der Waals surface area contributed by atoms with Gasteiger partial charge >= 0.3 is 6.09 Å². The van der Waals surface area contributed by atoms with Crippen molar-refractivity contribution in [2.45, 2.75) is 91.8 Å². The van der Waals surface area contributed by atoms with Gasteiger partial charge in [-0.1, -0.05) is 44.0 Å². The van der Waals surface area contributed by atoms with Gasteiger partial charge in [-0.3, -0.25) is 9.59 Å². The third-order valence-electron chi connectivity index (χ3n) is 6.71. The average Bonchev–Trinajstić information content (AvgIpc) is 2.88. The van der Waals surface area contributed by atoms with Crippen molar-refractivity contribution >= 4 is 35.4 Å². The van der Waals surface area contributed by atoms with E-state index < -0.39 is 23.8 Å². The third-order valence-corrected chi connectivity index (χ3v) is 7.36. The van der Waals surface area contributed by atoms with E-state index in [2.05, 4.69) is 17.6 Å². The van der Waals surface area contributed by atoms with Crippen molar-refractivity contribution in [3.8, 4) is 5.75 Å². The first-order valence-corrected chi connectivity index (χ1v) is 15.6. The van der Waals surface area contributed by atoms with Gasteiger partial charge in [0.1, 0.15) is 23.4 Å². The van der Waals surface area contributed by atoms with Gasteiger partial charge in [-0.05, 0) is 101 Å². The summed E-state index contributed by atoms with van der Waals surface area (Å²) < 4.78 is 5.47. The number of aromatic hydroxyl groups is 1. The Hall–Kier alpha value is -3.20. The molecule has 41 heavy (non-hydrogen) atoms. The lowest BCUT2D eigenvalue weighted by molar-refractivity contribution is -0.141. The second-order valence-corrected chi connectivity index (χ2v) is 12.4. The first kappa shape index (κ1) is 34.0. The highest BCUT2D eigenvalue weighted by molar-refractivity contribution is 7.98. The minimum atomic E-state index is -0.991. The Morgan fingerprint density at radius 1 is 1.02 bits per heavy atom. The maximum atomic E-state index is 14.3. The van der Waals surface area contributed by atoms with E-state index in [-0.39, 0.29) is 17.6 Å². The molecule has 9 heteroatoms. The number of unbranched alkanes of at least 4 members (excludes halogenated alkanes) is 2. The van der Waals surface area contributed by atoms with Crippen LogP contribution in [0.3, 0.4) is 0 Å². The smallest absolute Gasteiger partial charge is 0.408 e. The zero-order chi connectivity index (χ0) is 30.7. The molecule has 2 aromatic rings. The summed E-state index contributed by atoms with van der Waals surface area (Å²) in [5, 5.41) is 16.1. The fraction of sp³-hybridized carbons (Fsp3) is 0.531. The highest BCUT2D eigenvalue weighted by Gasteiger charge is 2.36. The van der Waals surface area contributed by atoms with Crippen LogP contribution in [0.1, 0.15) is 81.7 Å². The molecule has 3 amide bonds. The topological polar surface area (TPSA) is 108 Å². The molecule has 8 nitrogen and oxygen atoms in total. The maximum absolute atomic E-state index is 14.3. The lowest BCUT2D eigenvalue weighted by atomic mass is 9.99. The maximum Gasteiger partial charge on any atom is 0.408 e. The van der Waals surface area contributed by atoms with Gasteiger partial charge in [0.2, 0.25) is 5.91 Å². The summed E-state index contributed by atoms with van der Waals surface area (Å²) in [6.45, 7) is 13.3. The highest BCUT2D eigenvalue weighted by atomic mass is 32.2. The zero-order valence-electron chi connectivity index (χ0n) is 25.8. The molecule has 226 valence electrons. The number of benzene rings is 2. The molecule has 3 N–H and O–H groups in total. The van der Waals surface area contributed by atoms with Crippen LogP contribution in [0, 0.1) is 20.8 Å². The van der Waals surface area contributed by atoms with Gasteiger partial charge in [-0.15, -0.1) is 0 Å². The molecule has 0 aliphatic rings. The van der Waals surface area contributed by atoms with Crippen molar-refractivity contribution in [2.75, 3.05) is 23.9 Å². The highest BCUT2D eigenvalue weighted by Crippen LogP contribution is 2.30. The van der Waals surface area contributed by atoms with E-state index in [0.29, 0.717) is 42.0 Å². The minimum Gasteiger partial charge on any atom is -0.508 e. The van der Waals surface area contributed by atoms with Crippen LogP contribution in [-0.4, -0.2) is 58.1 Å². The number of thioether (sulfide) groups is 1. The molecular formula is C32H47N3O5S. The van der Waals surface area contributed by atoms with Crippen molar-refractivity contribution in [1.29, 1.82) is 0 Å². The molecule has 2 aromatic carbocycles. The lowest BCUT2D eigenvalue weighted by Crippen LogP contribution is -2.52. The zero-order valence-corrected chi connectivity index (χ0v) is 26.6.